The van der Waals surface area contributed by atoms with Crippen LogP contribution in [0.2, 0.25) is 0 Å². The molecule has 0 spiro atoms. The van der Waals surface area contributed by atoms with Gasteiger partial charge in [-0.2, -0.15) is 0 Å². The Hall–Kier alpha value is -1.10. The second-order valence-electron chi connectivity index (χ2n) is 3.64. The van der Waals surface area contributed by atoms with Crippen molar-refractivity contribution in [1.82, 2.24) is 5.32 Å². The van der Waals surface area contributed by atoms with Gasteiger partial charge in [0.2, 0.25) is 11.8 Å². The molecule has 0 aliphatic rings. The van der Waals surface area contributed by atoms with Gasteiger partial charge in [0.1, 0.15) is 0 Å². The summed E-state index contributed by atoms with van der Waals surface area (Å²) >= 11 is 0. The van der Waals surface area contributed by atoms with Gasteiger partial charge in [-0.15, -0.1) is 0 Å². The highest BCUT2D eigenvalue weighted by Gasteiger charge is 2.01. The third-order valence-electron chi connectivity index (χ3n) is 1.96. The highest BCUT2D eigenvalue weighted by molar-refractivity contribution is 5.77. The molecule has 0 aromatic carbocycles. The third-order valence-corrected chi connectivity index (χ3v) is 1.96. The Labute approximate surface area is 96.7 Å². The van der Waals surface area contributed by atoms with Crippen molar-refractivity contribution in [2.24, 2.45) is 5.73 Å². The maximum Gasteiger partial charge on any atom is 0.220 e. The monoisotopic (exact) mass is 230 g/mol. The third kappa shape index (κ3) is 11.0. The molecule has 0 fully saturated rings. The van der Waals surface area contributed by atoms with Crippen LogP contribution in [-0.4, -0.2) is 31.6 Å². The summed E-state index contributed by atoms with van der Waals surface area (Å²) in [7, 11) is 0. The maximum absolute atomic E-state index is 11.2. The van der Waals surface area contributed by atoms with Gasteiger partial charge in [-0.05, 0) is 19.3 Å². The summed E-state index contributed by atoms with van der Waals surface area (Å²) in [5.41, 5.74) is 4.96. The largest absolute Gasteiger partial charge is 0.381 e. The summed E-state index contributed by atoms with van der Waals surface area (Å²) in [5, 5.41) is 2.76. The van der Waals surface area contributed by atoms with Crippen LogP contribution in [0.1, 0.15) is 39.0 Å². The second-order valence-corrected chi connectivity index (χ2v) is 3.64. The van der Waals surface area contributed by atoms with Crippen LogP contribution in [0.4, 0.5) is 0 Å². The Morgan fingerprint density at radius 1 is 1.19 bits per heavy atom. The first-order chi connectivity index (χ1) is 7.66. The summed E-state index contributed by atoms with van der Waals surface area (Å²) in [5.74, 6) is -0.391. The fourth-order valence-corrected chi connectivity index (χ4v) is 1.16. The fraction of sp³-hybridized carbons (Fsp3) is 0.818. The number of hydrogen-bond donors (Lipinski definition) is 2. The van der Waals surface area contributed by atoms with Gasteiger partial charge in [0.15, 0.2) is 0 Å². The Kier molecular flexibility index (Phi) is 9.70. The normalized spacial score (nSPS) is 10.1. The number of hydrogen-bond acceptors (Lipinski definition) is 3. The zero-order valence-corrected chi connectivity index (χ0v) is 9.96. The molecule has 5 heteroatoms. The van der Waals surface area contributed by atoms with Crippen LogP contribution in [0.3, 0.4) is 0 Å². The zero-order chi connectivity index (χ0) is 12.2. The van der Waals surface area contributed by atoms with Crippen LogP contribution in [0, 0.1) is 0 Å². The van der Waals surface area contributed by atoms with Gasteiger partial charge < -0.3 is 15.8 Å². The Morgan fingerprint density at radius 3 is 2.56 bits per heavy atom. The van der Waals surface area contributed by atoms with Gasteiger partial charge >= 0.3 is 0 Å². The van der Waals surface area contributed by atoms with Crippen LogP contribution in [0.25, 0.3) is 0 Å². The smallest absolute Gasteiger partial charge is 0.220 e. The van der Waals surface area contributed by atoms with Crippen molar-refractivity contribution in [2.45, 2.75) is 39.0 Å². The van der Waals surface area contributed by atoms with Crippen molar-refractivity contribution in [2.75, 3.05) is 19.8 Å². The first kappa shape index (κ1) is 14.9. The number of primary amides is 1. The van der Waals surface area contributed by atoms with Crippen molar-refractivity contribution < 1.29 is 14.3 Å². The first-order valence-corrected chi connectivity index (χ1v) is 5.79. The average Bonchev–Trinajstić information content (AvgIpc) is 2.22. The van der Waals surface area contributed by atoms with Crippen molar-refractivity contribution in [3.63, 3.8) is 0 Å². The predicted molar refractivity (Wildman–Crippen MR) is 61.8 cm³/mol. The standard InChI is InChI=1S/C11H22N2O3/c1-2-8-16-9-4-7-13-11(15)6-3-5-10(12)14/h2-9H2,1H3,(H2,12,14)(H,13,15). The van der Waals surface area contributed by atoms with Gasteiger partial charge in [-0.25, -0.2) is 0 Å². The van der Waals surface area contributed by atoms with E-state index in [0.29, 0.717) is 26.0 Å². The van der Waals surface area contributed by atoms with Gasteiger partial charge in [0, 0.05) is 32.6 Å². The number of carbonyl (C=O) groups excluding carboxylic acids is 2. The number of ether oxygens (including phenoxy) is 1. The molecule has 0 radical (unpaired) electrons. The summed E-state index contributed by atoms with van der Waals surface area (Å²) in [6.07, 6.45) is 2.99. The number of rotatable bonds is 10. The van der Waals surface area contributed by atoms with E-state index in [2.05, 4.69) is 12.2 Å². The van der Waals surface area contributed by atoms with E-state index in [9.17, 15) is 9.59 Å². The summed E-state index contributed by atoms with van der Waals surface area (Å²) < 4.78 is 5.26. The molecule has 94 valence electrons. The first-order valence-electron chi connectivity index (χ1n) is 5.79. The number of amides is 2. The minimum atomic E-state index is -0.360. The molecular weight excluding hydrogens is 208 g/mol. The molecule has 0 unspecified atom stereocenters. The van der Waals surface area contributed by atoms with E-state index < -0.39 is 0 Å². The minimum absolute atomic E-state index is 0.0308. The van der Waals surface area contributed by atoms with E-state index in [1.165, 1.54) is 0 Å². The molecule has 0 aromatic heterocycles. The fourth-order valence-electron chi connectivity index (χ4n) is 1.16. The maximum atomic E-state index is 11.2. The lowest BCUT2D eigenvalue weighted by Crippen LogP contribution is -2.25. The molecule has 2 amide bonds. The van der Waals surface area contributed by atoms with Crippen LogP contribution in [0.15, 0.2) is 0 Å². The zero-order valence-electron chi connectivity index (χ0n) is 9.96. The molecule has 0 aliphatic heterocycles. The molecule has 0 heterocycles. The molecule has 0 aromatic rings. The van der Waals surface area contributed by atoms with Crippen molar-refractivity contribution >= 4 is 11.8 Å². The molecule has 0 saturated carbocycles. The molecule has 16 heavy (non-hydrogen) atoms. The van der Waals surface area contributed by atoms with Crippen molar-refractivity contribution in [1.29, 1.82) is 0 Å². The van der Waals surface area contributed by atoms with E-state index >= 15 is 0 Å². The SMILES string of the molecule is CCCOCCCNC(=O)CCCC(N)=O. The molecule has 0 bridgehead atoms. The lowest BCUT2D eigenvalue weighted by atomic mass is 10.2. The summed E-state index contributed by atoms with van der Waals surface area (Å²) in [4.78, 5) is 21.6. The van der Waals surface area contributed by atoms with E-state index in [1.54, 1.807) is 0 Å². The van der Waals surface area contributed by atoms with Crippen LogP contribution in [0.5, 0.6) is 0 Å². The minimum Gasteiger partial charge on any atom is -0.381 e. The Balaban J connectivity index is 3.20. The number of nitrogens with one attached hydrogen (secondary N) is 1. The summed E-state index contributed by atoms with van der Waals surface area (Å²) in [6, 6.07) is 0. The highest BCUT2D eigenvalue weighted by atomic mass is 16.5. The summed E-state index contributed by atoms with van der Waals surface area (Å²) in [6.45, 7) is 4.13. The average molecular weight is 230 g/mol. The number of carbonyl (C=O) groups is 2. The molecule has 3 N–H and O–H groups in total. The van der Waals surface area contributed by atoms with Gasteiger partial charge in [0.05, 0.1) is 0 Å². The van der Waals surface area contributed by atoms with Gasteiger partial charge in [-0.1, -0.05) is 6.92 Å². The second kappa shape index (κ2) is 10.4. The van der Waals surface area contributed by atoms with Gasteiger partial charge in [-0.3, -0.25) is 9.59 Å². The lowest BCUT2D eigenvalue weighted by Gasteiger charge is -2.05. The van der Waals surface area contributed by atoms with Crippen molar-refractivity contribution in [3.05, 3.63) is 0 Å². The van der Waals surface area contributed by atoms with Crippen LogP contribution < -0.4 is 11.1 Å². The quantitative estimate of drug-likeness (QED) is 0.538. The Morgan fingerprint density at radius 2 is 1.94 bits per heavy atom. The van der Waals surface area contributed by atoms with E-state index in [-0.39, 0.29) is 18.2 Å². The van der Waals surface area contributed by atoms with Crippen LogP contribution >= 0.6 is 0 Å². The molecule has 0 rings (SSSR count). The van der Waals surface area contributed by atoms with Gasteiger partial charge in [0.25, 0.3) is 0 Å². The predicted octanol–water partition coefficient (Wildman–Crippen LogP) is 0.575. The molecule has 0 atom stereocenters. The van der Waals surface area contributed by atoms with E-state index in [4.69, 9.17) is 10.5 Å². The molecule has 5 nitrogen and oxygen atoms in total. The van der Waals surface area contributed by atoms with Crippen LogP contribution in [-0.2, 0) is 14.3 Å². The molecule has 0 aliphatic carbocycles. The van der Waals surface area contributed by atoms with Crippen molar-refractivity contribution in [3.8, 4) is 0 Å². The highest BCUT2D eigenvalue weighted by Crippen LogP contribution is 1.94. The molecule has 0 saturated heterocycles. The van der Waals surface area contributed by atoms with E-state index in [1.807, 2.05) is 0 Å². The Bertz CT molecular complexity index is 207. The lowest BCUT2D eigenvalue weighted by molar-refractivity contribution is -0.121. The van der Waals surface area contributed by atoms with E-state index in [0.717, 1.165) is 19.4 Å². The number of nitrogens with two attached hydrogens (primary N) is 1. The molecular formula is C11H22N2O3. The topological polar surface area (TPSA) is 81.4 Å².